The summed E-state index contributed by atoms with van der Waals surface area (Å²) in [6, 6.07) is 10.5. The first-order valence-corrected chi connectivity index (χ1v) is 8.27. The number of likely N-dealkylation sites (tertiary alicyclic amines) is 1. The Labute approximate surface area is 146 Å². The summed E-state index contributed by atoms with van der Waals surface area (Å²) in [6.45, 7) is 2.32. The first kappa shape index (κ1) is 17.1. The van der Waals surface area contributed by atoms with E-state index in [9.17, 15) is 14.0 Å². The molecule has 0 bridgehead atoms. The molecule has 1 amide bonds. The van der Waals surface area contributed by atoms with Crippen molar-refractivity contribution in [3.8, 4) is 5.75 Å². The second-order valence-electron chi connectivity index (χ2n) is 6.19. The van der Waals surface area contributed by atoms with E-state index in [1.54, 1.807) is 37.4 Å². The summed E-state index contributed by atoms with van der Waals surface area (Å²) in [6.07, 6.45) is 1.32. The molecule has 3 rings (SSSR count). The molecule has 1 saturated heterocycles. The Morgan fingerprint density at radius 1 is 1.20 bits per heavy atom. The maximum Gasteiger partial charge on any atom is 0.257 e. The zero-order chi connectivity index (χ0) is 18.0. The number of aryl methyl sites for hydroxylation is 1. The zero-order valence-electron chi connectivity index (χ0n) is 14.3. The number of benzene rings is 2. The highest BCUT2D eigenvalue weighted by molar-refractivity contribution is 6.04. The summed E-state index contributed by atoms with van der Waals surface area (Å²) in [7, 11) is 1.58. The van der Waals surface area contributed by atoms with Gasteiger partial charge in [-0.2, -0.15) is 0 Å². The molecule has 1 aliphatic rings. The Kier molecular flexibility index (Phi) is 4.83. The van der Waals surface area contributed by atoms with Crippen LogP contribution < -0.4 is 4.74 Å². The smallest absolute Gasteiger partial charge is 0.257 e. The molecule has 1 aliphatic heterocycles. The number of rotatable bonds is 4. The predicted octanol–water partition coefficient (Wildman–Crippen LogP) is 3.63. The lowest BCUT2D eigenvalue weighted by molar-refractivity contribution is 0.0668. The third-order valence-electron chi connectivity index (χ3n) is 4.60. The van der Waals surface area contributed by atoms with Gasteiger partial charge in [0.2, 0.25) is 0 Å². The van der Waals surface area contributed by atoms with Gasteiger partial charge in [-0.15, -0.1) is 0 Å². The largest absolute Gasteiger partial charge is 0.496 e. The Morgan fingerprint density at radius 2 is 1.96 bits per heavy atom. The van der Waals surface area contributed by atoms with Crippen LogP contribution in [0, 0.1) is 12.7 Å². The van der Waals surface area contributed by atoms with Gasteiger partial charge in [0.1, 0.15) is 11.6 Å². The van der Waals surface area contributed by atoms with Crippen molar-refractivity contribution in [1.82, 2.24) is 4.90 Å². The van der Waals surface area contributed by atoms with Crippen LogP contribution in [0.1, 0.15) is 39.1 Å². The molecule has 25 heavy (non-hydrogen) atoms. The molecule has 130 valence electrons. The molecule has 0 N–H and O–H groups in total. The van der Waals surface area contributed by atoms with E-state index in [2.05, 4.69) is 0 Å². The van der Waals surface area contributed by atoms with Crippen LogP contribution in [-0.4, -0.2) is 36.3 Å². The average Bonchev–Trinajstić information content (AvgIpc) is 3.10. The number of nitrogens with zero attached hydrogens (tertiary/aromatic N) is 1. The van der Waals surface area contributed by atoms with E-state index in [0.717, 1.165) is 12.0 Å². The van der Waals surface area contributed by atoms with Crippen molar-refractivity contribution < 1.29 is 18.7 Å². The first-order valence-electron chi connectivity index (χ1n) is 8.27. The first-order chi connectivity index (χ1) is 12.0. The number of hydrogen-bond acceptors (Lipinski definition) is 3. The molecule has 1 atom stereocenters. The molecule has 0 radical (unpaired) electrons. The third kappa shape index (κ3) is 3.27. The van der Waals surface area contributed by atoms with Gasteiger partial charge in [0, 0.05) is 12.1 Å². The molecule has 1 unspecified atom stereocenters. The number of ether oxygens (including phenoxy) is 1. The van der Waals surface area contributed by atoms with Crippen molar-refractivity contribution in [3.05, 3.63) is 65.0 Å². The van der Waals surface area contributed by atoms with Crippen molar-refractivity contribution in [1.29, 1.82) is 0 Å². The summed E-state index contributed by atoms with van der Waals surface area (Å²) in [5.74, 6) is -0.403. The topological polar surface area (TPSA) is 46.6 Å². The lowest BCUT2D eigenvalue weighted by Crippen LogP contribution is -2.40. The van der Waals surface area contributed by atoms with Gasteiger partial charge in [0.25, 0.3) is 5.91 Å². The predicted molar refractivity (Wildman–Crippen MR) is 92.5 cm³/mol. The van der Waals surface area contributed by atoms with Crippen LogP contribution >= 0.6 is 0 Å². The van der Waals surface area contributed by atoms with Crippen LogP contribution in [0.5, 0.6) is 5.75 Å². The van der Waals surface area contributed by atoms with Crippen LogP contribution in [0.4, 0.5) is 4.39 Å². The lowest BCUT2D eigenvalue weighted by atomic mass is 9.99. The van der Waals surface area contributed by atoms with Crippen LogP contribution in [-0.2, 0) is 0 Å². The molecule has 2 aromatic rings. The van der Waals surface area contributed by atoms with Crippen molar-refractivity contribution in [2.75, 3.05) is 13.7 Å². The fourth-order valence-corrected chi connectivity index (χ4v) is 3.30. The molecule has 1 heterocycles. The van der Waals surface area contributed by atoms with Crippen LogP contribution in [0.15, 0.2) is 42.5 Å². The number of carbonyl (C=O) groups is 2. The summed E-state index contributed by atoms with van der Waals surface area (Å²) < 4.78 is 19.2. The monoisotopic (exact) mass is 341 g/mol. The Balaban J connectivity index is 1.86. The number of hydrogen-bond donors (Lipinski definition) is 0. The minimum Gasteiger partial charge on any atom is -0.496 e. The van der Waals surface area contributed by atoms with E-state index in [1.165, 1.54) is 17.0 Å². The van der Waals surface area contributed by atoms with E-state index in [0.29, 0.717) is 24.3 Å². The van der Waals surface area contributed by atoms with E-state index in [1.807, 2.05) is 6.92 Å². The molecule has 0 aliphatic carbocycles. The summed E-state index contributed by atoms with van der Waals surface area (Å²) >= 11 is 0. The number of halogens is 1. The van der Waals surface area contributed by atoms with Crippen molar-refractivity contribution in [2.45, 2.75) is 25.8 Å². The molecule has 5 heteroatoms. The van der Waals surface area contributed by atoms with Crippen LogP contribution in [0.25, 0.3) is 0 Å². The van der Waals surface area contributed by atoms with Crippen molar-refractivity contribution in [3.63, 3.8) is 0 Å². The van der Waals surface area contributed by atoms with Gasteiger partial charge in [0.05, 0.1) is 18.7 Å². The van der Waals surface area contributed by atoms with Gasteiger partial charge in [-0.1, -0.05) is 12.1 Å². The quantitative estimate of drug-likeness (QED) is 0.798. The minimum atomic E-state index is -0.564. The fourth-order valence-electron chi connectivity index (χ4n) is 3.30. The van der Waals surface area contributed by atoms with Gasteiger partial charge in [-0.05, 0) is 55.7 Å². The Hall–Kier alpha value is -2.69. The normalized spacial score (nSPS) is 16.8. The Bertz CT molecular complexity index is 818. The molecule has 0 aromatic heterocycles. The molecule has 1 fully saturated rings. The average molecular weight is 341 g/mol. The van der Waals surface area contributed by atoms with Crippen LogP contribution in [0.3, 0.4) is 0 Å². The number of methoxy groups -OCH3 is 1. The maximum absolute atomic E-state index is 13.9. The van der Waals surface area contributed by atoms with Gasteiger partial charge in [0.15, 0.2) is 5.78 Å². The number of carbonyl (C=O) groups excluding carboxylic acids is 2. The third-order valence-corrected chi connectivity index (χ3v) is 4.60. The standard InChI is InChI=1S/C20H20FNO3/c1-13-12-14(9-10-18(13)25-2)19(23)17-8-5-11-22(17)20(24)15-6-3-4-7-16(15)21/h3-4,6-7,9-10,12,17H,5,8,11H2,1-2H3. The molecule has 2 aromatic carbocycles. The molecular formula is C20H20FNO3. The zero-order valence-corrected chi connectivity index (χ0v) is 14.3. The van der Waals surface area contributed by atoms with E-state index >= 15 is 0 Å². The highest BCUT2D eigenvalue weighted by atomic mass is 19.1. The summed E-state index contributed by atoms with van der Waals surface area (Å²) in [5.41, 5.74) is 1.41. The number of ketones is 1. The second kappa shape index (κ2) is 7.05. The fraction of sp³-hybridized carbons (Fsp3) is 0.300. The van der Waals surface area contributed by atoms with E-state index in [-0.39, 0.29) is 11.3 Å². The molecular weight excluding hydrogens is 321 g/mol. The maximum atomic E-state index is 13.9. The highest BCUT2D eigenvalue weighted by Gasteiger charge is 2.35. The van der Waals surface area contributed by atoms with Gasteiger partial charge in [-0.25, -0.2) is 4.39 Å². The van der Waals surface area contributed by atoms with E-state index < -0.39 is 17.8 Å². The van der Waals surface area contributed by atoms with E-state index in [4.69, 9.17) is 4.74 Å². The highest BCUT2D eigenvalue weighted by Crippen LogP contribution is 2.26. The second-order valence-corrected chi connectivity index (χ2v) is 6.19. The minimum absolute atomic E-state index is 0.00751. The SMILES string of the molecule is COc1ccc(C(=O)C2CCCN2C(=O)c2ccccc2F)cc1C. The van der Waals surface area contributed by atoms with Crippen LogP contribution in [0.2, 0.25) is 0 Å². The van der Waals surface area contributed by atoms with Gasteiger partial charge >= 0.3 is 0 Å². The summed E-state index contributed by atoms with van der Waals surface area (Å²) in [4.78, 5) is 27.1. The number of Topliss-reactive ketones (excluding diaryl/α,β-unsaturated/α-hetero) is 1. The van der Waals surface area contributed by atoms with Crippen molar-refractivity contribution >= 4 is 11.7 Å². The molecule has 0 saturated carbocycles. The Morgan fingerprint density at radius 3 is 2.64 bits per heavy atom. The number of amides is 1. The summed E-state index contributed by atoms with van der Waals surface area (Å²) in [5, 5.41) is 0. The van der Waals surface area contributed by atoms with Crippen molar-refractivity contribution in [2.24, 2.45) is 0 Å². The molecule has 4 nitrogen and oxygen atoms in total. The van der Waals surface area contributed by atoms with Gasteiger partial charge < -0.3 is 9.64 Å². The molecule has 0 spiro atoms. The lowest BCUT2D eigenvalue weighted by Gasteiger charge is -2.24. The van der Waals surface area contributed by atoms with Gasteiger partial charge in [-0.3, -0.25) is 9.59 Å².